The van der Waals surface area contributed by atoms with Gasteiger partial charge < -0.3 is 15.4 Å². The maximum atomic E-state index is 13.3. The van der Waals surface area contributed by atoms with Crippen molar-refractivity contribution in [2.24, 2.45) is 58.0 Å². The molecule has 0 aromatic carbocycles. The van der Waals surface area contributed by atoms with Gasteiger partial charge in [0.05, 0.1) is 0 Å². The Kier molecular flexibility index (Phi) is 16.9. The lowest BCUT2D eigenvalue weighted by molar-refractivity contribution is -0.151. The highest BCUT2D eigenvalue weighted by Gasteiger charge is 2.59. The second-order valence-electron chi connectivity index (χ2n) is 19.3. The number of amides is 1. The fraction of sp³-hybridized carbons (Fsp3) is 0.913. The number of hydrogen-bond acceptors (Lipinski definition) is 4. The maximum Gasteiger partial charge on any atom is 0.306 e. The van der Waals surface area contributed by atoms with Gasteiger partial charge in [-0.05, 0) is 136 Å². The fourth-order valence-electron chi connectivity index (χ4n) is 11.7. The average Bonchev–Trinajstić information content (AvgIpc) is 3.44. The van der Waals surface area contributed by atoms with Crippen molar-refractivity contribution >= 4 is 11.9 Å². The van der Waals surface area contributed by atoms with Crippen LogP contribution in [0.5, 0.6) is 0 Å². The van der Waals surface area contributed by atoms with Crippen LogP contribution in [0.1, 0.15) is 190 Å². The second-order valence-corrected chi connectivity index (χ2v) is 19.3. The van der Waals surface area contributed by atoms with Gasteiger partial charge in [0, 0.05) is 32.4 Å². The van der Waals surface area contributed by atoms with E-state index in [0.29, 0.717) is 30.6 Å². The topological polar surface area (TPSA) is 72.6 Å². The molecule has 1 amide bonds. The van der Waals surface area contributed by atoms with Crippen molar-refractivity contribution in [3.63, 3.8) is 0 Å². The van der Waals surface area contributed by atoms with Gasteiger partial charge in [0.25, 0.3) is 0 Å². The number of hydrogen-bond donors (Lipinski definition) is 1. The zero-order chi connectivity index (χ0) is 37.0. The Labute approximate surface area is 315 Å². The van der Waals surface area contributed by atoms with E-state index in [4.69, 9.17) is 10.5 Å². The highest BCUT2D eigenvalue weighted by molar-refractivity contribution is 5.77. The molecule has 8 atom stereocenters. The molecule has 4 rings (SSSR count). The first-order chi connectivity index (χ1) is 24.4. The monoisotopic (exact) mass is 711 g/mol. The van der Waals surface area contributed by atoms with E-state index in [1.54, 1.807) is 5.57 Å². The van der Waals surface area contributed by atoms with Crippen molar-refractivity contribution in [2.45, 2.75) is 196 Å². The molecular weight excluding hydrogens is 629 g/mol. The minimum atomic E-state index is -0.109. The van der Waals surface area contributed by atoms with Crippen LogP contribution >= 0.6 is 0 Å². The van der Waals surface area contributed by atoms with Gasteiger partial charge in [-0.2, -0.15) is 0 Å². The molecule has 0 heterocycles. The molecule has 5 heteroatoms. The SMILES string of the molecule is CC(C)CCC[C@@H](C)[C@H]1CC[C@H]2[C@@H]3CC=C4C[C@@H](OC(=O)CCCC(=O)N(CCCCCCCCN)CCCC(C)C)CC[C@]4(C)[C@H]3CC[C@]12C. The minimum Gasteiger partial charge on any atom is -0.462 e. The number of ether oxygens (including phenoxy) is 1. The number of carbonyl (C=O) groups excluding carboxylic acids is 2. The van der Waals surface area contributed by atoms with E-state index in [0.717, 1.165) is 100 Å². The Morgan fingerprint density at radius 2 is 1.47 bits per heavy atom. The molecule has 3 saturated carbocycles. The molecule has 0 aliphatic heterocycles. The number of carbonyl (C=O) groups is 2. The van der Waals surface area contributed by atoms with Crippen LogP contribution in [0.15, 0.2) is 11.6 Å². The lowest BCUT2D eigenvalue weighted by Gasteiger charge is -2.58. The minimum absolute atomic E-state index is 0.00198. The summed E-state index contributed by atoms with van der Waals surface area (Å²) in [7, 11) is 0. The second kappa shape index (κ2) is 20.4. The number of esters is 1. The Hall–Kier alpha value is -1.36. The van der Waals surface area contributed by atoms with Crippen LogP contribution in [0.4, 0.5) is 0 Å². The summed E-state index contributed by atoms with van der Waals surface area (Å²) in [6.07, 6.45) is 27.3. The molecule has 0 aromatic rings. The Morgan fingerprint density at radius 1 is 0.784 bits per heavy atom. The smallest absolute Gasteiger partial charge is 0.306 e. The number of fused-ring (bicyclic) bond motifs is 5. The lowest BCUT2D eigenvalue weighted by Crippen LogP contribution is -2.51. The first-order valence-corrected chi connectivity index (χ1v) is 22.3. The van der Waals surface area contributed by atoms with Gasteiger partial charge in [-0.25, -0.2) is 0 Å². The number of allylic oxidation sites excluding steroid dienone is 1. The summed E-state index contributed by atoms with van der Waals surface area (Å²) in [5.74, 6) is 5.81. The van der Waals surface area contributed by atoms with Gasteiger partial charge in [0.1, 0.15) is 6.10 Å². The zero-order valence-corrected chi connectivity index (χ0v) is 34.6. The van der Waals surface area contributed by atoms with Crippen molar-refractivity contribution in [3.8, 4) is 0 Å². The van der Waals surface area contributed by atoms with Crippen LogP contribution in [0.2, 0.25) is 0 Å². The molecule has 51 heavy (non-hydrogen) atoms. The van der Waals surface area contributed by atoms with Crippen LogP contribution in [-0.2, 0) is 14.3 Å². The molecule has 0 bridgehead atoms. The van der Waals surface area contributed by atoms with Crippen molar-refractivity contribution < 1.29 is 14.3 Å². The fourth-order valence-corrected chi connectivity index (χ4v) is 11.7. The van der Waals surface area contributed by atoms with Crippen LogP contribution < -0.4 is 5.73 Å². The normalized spacial score (nSPS) is 30.8. The maximum absolute atomic E-state index is 13.3. The Morgan fingerprint density at radius 3 is 2.20 bits per heavy atom. The van der Waals surface area contributed by atoms with E-state index in [-0.39, 0.29) is 23.4 Å². The van der Waals surface area contributed by atoms with Crippen molar-refractivity contribution in [2.75, 3.05) is 19.6 Å². The third-order valence-corrected chi connectivity index (χ3v) is 14.8. The highest BCUT2D eigenvalue weighted by atomic mass is 16.5. The van der Waals surface area contributed by atoms with Gasteiger partial charge in [-0.1, -0.05) is 105 Å². The zero-order valence-electron chi connectivity index (χ0n) is 34.6. The first kappa shape index (κ1) is 42.4. The van der Waals surface area contributed by atoms with E-state index in [9.17, 15) is 9.59 Å². The molecular formula is C46H82N2O3. The predicted octanol–water partition coefficient (Wildman–Crippen LogP) is 11.7. The predicted molar refractivity (Wildman–Crippen MR) is 214 cm³/mol. The molecule has 5 nitrogen and oxygen atoms in total. The van der Waals surface area contributed by atoms with Crippen LogP contribution in [0, 0.1) is 52.3 Å². The Bertz CT molecular complexity index is 1100. The molecule has 4 aliphatic carbocycles. The molecule has 0 saturated heterocycles. The lowest BCUT2D eigenvalue weighted by atomic mass is 9.47. The van der Waals surface area contributed by atoms with Gasteiger partial charge in [0.15, 0.2) is 0 Å². The number of nitrogens with zero attached hydrogens (tertiary/aromatic N) is 1. The largest absolute Gasteiger partial charge is 0.462 e. The highest BCUT2D eigenvalue weighted by Crippen LogP contribution is 2.67. The van der Waals surface area contributed by atoms with E-state index < -0.39 is 0 Å². The molecule has 294 valence electrons. The average molecular weight is 711 g/mol. The quantitative estimate of drug-likeness (QED) is 0.0689. The van der Waals surface area contributed by atoms with Gasteiger partial charge in [-0.3, -0.25) is 9.59 Å². The Balaban J connectivity index is 1.22. The van der Waals surface area contributed by atoms with Crippen LogP contribution in [-0.4, -0.2) is 42.5 Å². The molecule has 4 aliphatic rings. The van der Waals surface area contributed by atoms with Crippen molar-refractivity contribution in [3.05, 3.63) is 11.6 Å². The van der Waals surface area contributed by atoms with Gasteiger partial charge in [-0.15, -0.1) is 0 Å². The van der Waals surface area contributed by atoms with E-state index in [1.807, 2.05) is 0 Å². The van der Waals surface area contributed by atoms with Gasteiger partial charge in [0.2, 0.25) is 5.91 Å². The molecule has 0 aromatic heterocycles. The summed E-state index contributed by atoms with van der Waals surface area (Å²) in [6, 6.07) is 0. The van der Waals surface area contributed by atoms with E-state index in [2.05, 4.69) is 59.4 Å². The molecule has 2 N–H and O–H groups in total. The summed E-state index contributed by atoms with van der Waals surface area (Å²) in [5, 5.41) is 0. The molecule has 0 spiro atoms. The van der Waals surface area contributed by atoms with Crippen LogP contribution in [0.25, 0.3) is 0 Å². The van der Waals surface area contributed by atoms with Gasteiger partial charge >= 0.3 is 5.97 Å². The summed E-state index contributed by atoms with van der Waals surface area (Å²) in [6.45, 7) is 19.5. The molecule has 0 unspecified atom stereocenters. The van der Waals surface area contributed by atoms with Crippen molar-refractivity contribution in [1.82, 2.24) is 4.90 Å². The summed E-state index contributed by atoms with van der Waals surface area (Å²) < 4.78 is 6.13. The van der Waals surface area contributed by atoms with E-state index >= 15 is 0 Å². The van der Waals surface area contributed by atoms with E-state index in [1.165, 1.54) is 77.0 Å². The third kappa shape index (κ3) is 11.6. The standard InChI is InChI=1S/C46H82N2O3/c1-34(2)17-14-19-36(5)40-24-25-41-39-23-22-37-33-38(26-28-45(37,6)42(39)27-29-46(40,41)7)51-44(50)21-15-20-43(49)48(32-16-18-35(3)4)31-13-11-9-8-10-12-30-47/h22,34-36,38-42H,8-21,23-33,47H2,1-7H3/t36-,38+,39+,40-,41+,42+,45+,46-/m1/s1. The third-order valence-electron chi connectivity index (χ3n) is 14.8. The van der Waals surface area contributed by atoms with Crippen LogP contribution in [0.3, 0.4) is 0 Å². The summed E-state index contributed by atoms with van der Waals surface area (Å²) in [5.41, 5.74) is 8.00. The summed E-state index contributed by atoms with van der Waals surface area (Å²) >= 11 is 0. The molecule has 0 radical (unpaired) electrons. The van der Waals surface area contributed by atoms with Crippen molar-refractivity contribution in [1.29, 1.82) is 0 Å². The number of unbranched alkanes of at least 4 members (excludes halogenated alkanes) is 5. The summed E-state index contributed by atoms with van der Waals surface area (Å²) in [4.78, 5) is 28.4. The molecule has 3 fully saturated rings. The number of nitrogens with two attached hydrogens (primary N) is 1. The first-order valence-electron chi connectivity index (χ1n) is 22.3. The number of rotatable bonds is 22.